The minimum atomic E-state index is -3.66. The Balaban J connectivity index is 3.41. The topological polar surface area (TPSA) is 63.4 Å². The Morgan fingerprint density at radius 2 is 1.95 bits per heavy atom. The molecule has 0 radical (unpaired) electrons. The maximum atomic E-state index is 13.2. The van der Waals surface area contributed by atoms with Crippen LogP contribution in [0.4, 0.5) is 4.39 Å². The molecular formula is C13H17FN2O2S. The van der Waals surface area contributed by atoms with E-state index in [9.17, 15) is 12.8 Å². The zero-order chi connectivity index (χ0) is 14.5. The molecule has 1 aromatic rings. The van der Waals surface area contributed by atoms with Gasteiger partial charge in [-0.05, 0) is 18.2 Å². The number of sulfonamides is 1. The lowest BCUT2D eigenvalue weighted by atomic mass is 10.2. The molecule has 0 spiro atoms. The number of rotatable bonds is 4. The number of benzene rings is 1. The van der Waals surface area contributed by atoms with Crippen LogP contribution in [0.1, 0.15) is 19.4 Å². The van der Waals surface area contributed by atoms with Gasteiger partial charge in [0.25, 0.3) is 0 Å². The highest BCUT2D eigenvalue weighted by Crippen LogP contribution is 2.20. The third kappa shape index (κ3) is 3.53. The van der Waals surface area contributed by atoms with Crippen molar-refractivity contribution < 1.29 is 12.8 Å². The van der Waals surface area contributed by atoms with Crippen molar-refractivity contribution in [3.63, 3.8) is 0 Å². The quantitative estimate of drug-likeness (QED) is 0.844. The first kappa shape index (κ1) is 15.6. The summed E-state index contributed by atoms with van der Waals surface area (Å²) < 4.78 is 39.3. The average molecular weight is 284 g/mol. The van der Waals surface area contributed by atoms with Crippen LogP contribution in [0.3, 0.4) is 0 Å². The summed E-state index contributed by atoms with van der Waals surface area (Å²) in [5.41, 5.74) is 5.39. The first-order valence-corrected chi connectivity index (χ1v) is 7.40. The van der Waals surface area contributed by atoms with Crippen molar-refractivity contribution in [2.24, 2.45) is 5.73 Å². The Hall–Kier alpha value is -1.42. The smallest absolute Gasteiger partial charge is 0.244 e. The molecule has 0 amide bonds. The van der Waals surface area contributed by atoms with Crippen molar-refractivity contribution in [2.75, 3.05) is 19.6 Å². The van der Waals surface area contributed by atoms with Crippen LogP contribution in [0.2, 0.25) is 0 Å². The molecule has 1 aromatic carbocycles. The molecule has 0 heterocycles. The van der Waals surface area contributed by atoms with Crippen LogP contribution >= 0.6 is 0 Å². The van der Waals surface area contributed by atoms with Gasteiger partial charge in [-0.2, -0.15) is 4.31 Å². The zero-order valence-corrected chi connectivity index (χ0v) is 11.8. The van der Waals surface area contributed by atoms with Gasteiger partial charge in [0, 0.05) is 18.7 Å². The van der Waals surface area contributed by atoms with E-state index in [0.717, 1.165) is 12.1 Å². The van der Waals surface area contributed by atoms with E-state index in [2.05, 4.69) is 11.8 Å². The lowest BCUT2D eigenvalue weighted by Crippen LogP contribution is -2.31. The molecule has 19 heavy (non-hydrogen) atoms. The predicted molar refractivity (Wildman–Crippen MR) is 72.4 cm³/mol. The highest BCUT2D eigenvalue weighted by molar-refractivity contribution is 7.89. The molecule has 0 atom stereocenters. The van der Waals surface area contributed by atoms with Gasteiger partial charge in [0.05, 0.1) is 11.4 Å². The zero-order valence-electron chi connectivity index (χ0n) is 11.0. The number of nitrogens with two attached hydrogens (primary N) is 1. The molecule has 0 aromatic heterocycles. The van der Waals surface area contributed by atoms with E-state index >= 15 is 0 Å². The molecule has 0 saturated heterocycles. The van der Waals surface area contributed by atoms with Gasteiger partial charge >= 0.3 is 0 Å². The van der Waals surface area contributed by atoms with E-state index in [1.807, 2.05) is 0 Å². The molecule has 104 valence electrons. The van der Waals surface area contributed by atoms with Crippen molar-refractivity contribution >= 4 is 10.0 Å². The standard InChI is InChI=1S/C13H17FN2O2S/c1-3-16(4-2)19(17,18)13-8-7-12(14)10-11(13)6-5-9-15/h7-8,10H,3-4,9,15H2,1-2H3. The van der Waals surface area contributed by atoms with Gasteiger partial charge in [-0.15, -0.1) is 0 Å². The number of nitrogens with zero attached hydrogens (tertiary/aromatic N) is 1. The van der Waals surface area contributed by atoms with E-state index in [-0.39, 0.29) is 17.0 Å². The van der Waals surface area contributed by atoms with Gasteiger partial charge < -0.3 is 5.73 Å². The van der Waals surface area contributed by atoms with Crippen molar-refractivity contribution in [1.82, 2.24) is 4.31 Å². The van der Waals surface area contributed by atoms with E-state index in [0.29, 0.717) is 13.1 Å². The summed E-state index contributed by atoms with van der Waals surface area (Å²) in [6.07, 6.45) is 0. The molecule has 0 aliphatic carbocycles. The Bertz CT molecular complexity index is 599. The number of halogens is 1. The monoisotopic (exact) mass is 284 g/mol. The lowest BCUT2D eigenvalue weighted by Gasteiger charge is -2.19. The van der Waals surface area contributed by atoms with Crippen LogP contribution in [0.15, 0.2) is 23.1 Å². The maximum absolute atomic E-state index is 13.2. The third-order valence-corrected chi connectivity index (χ3v) is 4.70. The second kappa shape index (κ2) is 6.66. The lowest BCUT2D eigenvalue weighted by molar-refractivity contribution is 0.445. The molecule has 6 heteroatoms. The van der Waals surface area contributed by atoms with E-state index in [1.54, 1.807) is 13.8 Å². The summed E-state index contributed by atoms with van der Waals surface area (Å²) in [4.78, 5) is 0.0125. The van der Waals surface area contributed by atoms with E-state index in [1.165, 1.54) is 10.4 Å². The first-order valence-electron chi connectivity index (χ1n) is 5.96. The molecule has 0 aliphatic heterocycles. The van der Waals surface area contributed by atoms with Crippen molar-refractivity contribution in [2.45, 2.75) is 18.7 Å². The van der Waals surface area contributed by atoms with Gasteiger partial charge in [0.1, 0.15) is 5.82 Å². The predicted octanol–water partition coefficient (Wildman–Crippen LogP) is 1.17. The van der Waals surface area contributed by atoms with Crippen LogP contribution in [-0.2, 0) is 10.0 Å². The minimum Gasteiger partial charge on any atom is -0.320 e. The summed E-state index contributed by atoms with van der Waals surface area (Å²) in [5, 5.41) is 0. The van der Waals surface area contributed by atoms with Crippen LogP contribution < -0.4 is 5.73 Å². The second-order valence-electron chi connectivity index (χ2n) is 3.74. The largest absolute Gasteiger partial charge is 0.320 e. The fourth-order valence-electron chi connectivity index (χ4n) is 1.67. The molecule has 0 saturated carbocycles. The Morgan fingerprint density at radius 1 is 1.32 bits per heavy atom. The maximum Gasteiger partial charge on any atom is 0.244 e. The normalized spacial score (nSPS) is 11.2. The molecule has 1 rings (SSSR count). The summed E-state index contributed by atoms with van der Waals surface area (Å²) in [5.74, 6) is 4.62. The molecule has 0 bridgehead atoms. The highest BCUT2D eigenvalue weighted by Gasteiger charge is 2.24. The molecule has 0 unspecified atom stereocenters. The molecule has 2 N–H and O–H groups in total. The molecule has 0 aliphatic rings. The van der Waals surface area contributed by atoms with E-state index in [4.69, 9.17) is 5.73 Å². The molecular weight excluding hydrogens is 267 g/mol. The fourth-order valence-corrected chi connectivity index (χ4v) is 3.26. The molecule has 0 fully saturated rings. The van der Waals surface area contributed by atoms with Crippen molar-refractivity contribution in [3.8, 4) is 11.8 Å². The summed E-state index contributed by atoms with van der Waals surface area (Å²) in [6, 6.07) is 3.46. The van der Waals surface area contributed by atoms with Crippen LogP contribution in [0.25, 0.3) is 0 Å². The van der Waals surface area contributed by atoms with Crippen LogP contribution in [0.5, 0.6) is 0 Å². The summed E-state index contributed by atoms with van der Waals surface area (Å²) >= 11 is 0. The van der Waals surface area contributed by atoms with Gasteiger partial charge in [-0.25, -0.2) is 12.8 Å². The third-order valence-electron chi connectivity index (χ3n) is 2.59. The van der Waals surface area contributed by atoms with Crippen molar-refractivity contribution in [3.05, 3.63) is 29.6 Å². The average Bonchev–Trinajstić information content (AvgIpc) is 2.37. The van der Waals surface area contributed by atoms with Gasteiger partial charge in [0.15, 0.2) is 0 Å². The van der Waals surface area contributed by atoms with Gasteiger partial charge in [-0.3, -0.25) is 0 Å². The van der Waals surface area contributed by atoms with Gasteiger partial charge in [0.2, 0.25) is 10.0 Å². The minimum absolute atomic E-state index is 0.0125. The summed E-state index contributed by atoms with van der Waals surface area (Å²) in [6.45, 7) is 4.27. The highest BCUT2D eigenvalue weighted by atomic mass is 32.2. The van der Waals surface area contributed by atoms with Crippen LogP contribution in [0, 0.1) is 17.7 Å². The Labute approximate surface area is 113 Å². The Morgan fingerprint density at radius 3 is 2.47 bits per heavy atom. The Kier molecular flexibility index (Phi) is 5.48. The van der Waals surface area contributed by atoms with Gasteiger partial charge in [-0.1, -0.05) is 25.7 Å². The van der Waals surface area contributed by atoms with E-state index < -0.39 is 15.8 Å². The summed E-state index contributed by atoms with van der Waals surface area (Å²) in [7, 11) is -3.66. The first-order chi connectivity index (χ1) is 8.97. The fraction of sp³-hybridized carbons (Fsp3) is 0.385. The van der Waals surface area contributed by atoms with Crippen LogP contribution in [-0.4, -0.2) is 32.4 Å². The molecule has 4 nitrogen and oxygen atoms in total. The number of hydrogen-bond acceptors (Lipinski definition) is 3. The SMILES string of the molecule is CCN(CC)S(=O)(=O)c1ccc(F)cc1C#CCN. The number of hydrogen-bond donors (Lipinski definition) is 1. The second-order valence-corrected chi connectivity index (χ2v) is 5.64. The van der Waals surface area contributed by atoms with Crippen molar-refractivity contribution in [1.29, 1.82) is 0 Å².